The van der Waals surface area contributed by atoms with E-state index in [4.69, 9.17) is 23.2 Å². The molecule has 2 aromatic carbocycles. The Labute approximate surface area is 163 Å². The van der Waals surface area contributed by atoms with Crippen LogP contribution in [0.5, 0.6) is 0 Å². The van der Waals surface area contributed by atoms with Crippen LogP contribution in [-0.4, -0.2) is 10.1 Å². The fourth-order valence-electron chi connectivity index (χ4n) is 2.72. The van der Waals surface area contributed by atoms with Crippen LogP contribution in [0.1, 0.15) is 41.3 Å². The van der Waals surface area contributed by atoms with Crippen molar-refractivity contribution in [2.24, 2.45) is 0 Å². The van der Waals surface area contributed by atoms with Crippen molar-refractivity contribution >= 4 is 23.2 Å². The maximum absolute atomic E-state index is 10.9. The lowest BCUT2D eigenvalue weighted by Gasteiger charge is -2.21. The van der Waals surface area contributed by atoms with Gasteiger partial charge in [0.1, 0.15) is 5.69 Å². The molecule has 0 bridgehead atoms. The van der Waals surface area contributed by atoms with Crippen molar-refractivity contribution in [3.63, 3.8) is 0 Å². The van der Waals surface area contributed by atoms with E-state index in [0.29, 0.717) is 21.3 Å². The van der Waals surface area contributed by atoms with Crippen LogP contribution < -0.4 is 0 Å². The van der Waals surface area contributed by atoms with E-state index < -0.39 is 6.10 Å². The molecule has 3 rings (SSSR count). The van der Waals surface area contributed by atoms with Gasteiger partial charge in [0, 0.05) is 33.3 Å². The summed E-state index contributed by atoms with van der Waals surface area (Å²) in [4.78, 5) is 4.34. The van der Waals surface area contributed by atoms with Gasteiger partial charge in [-0.1, -0.05) is 66.4 Å². The third kappa shape index (κ3) is 4.26. The van der Waals surface area contributed by atoms with Gasteiger partial charge in [0.2, 0.25) is 0 Å². The molecule has 0 saturated heterocycles. The summed E-state index contributed by atoms with van der Waals surface area (Å²) in [5.74, 6) is 5.92. The summed E-state index contributed by atoms with van der Waals surface area (Å²) < 4.78 is 0. The van der Waals surface area contributed by atoms with Crippen molar-refractivity contribution in [1.82, 2.24) is 4.98 Å². The van der Waals surface area contributed by atoms with E-state index in [0.717, 1.165) is 11.1 Å². The average molecular weight is 382 g/mol. The summed E-state index contributed by atoms with van der Waals surface area (Å²) in [5, 5.41) is 12.0. The normalized spacial score (nSPS) is 12.8. The van der Waals surface area contributed by atoms with Crippen LogP contribution in [0.2, 0.25) is 10.0 Å². The second kappa shape index (κ2) is 8.38. The molecule has 2 unspecified atom stereocenters. The first-order valence-electron chi connectivity index (χ1n) is 8.21. The first-order valence-corrected chi connectivity index (χ1v) is 8.97. The Morgan fingerprint density at radius 2 is 1.69 bits per heavy atom. The first-order chi connectivity index (χ1) is 12.6. The van der Waals surface area contributed by atoms with Crippen molar-refractivity contribution in [1.29, 1.82) is 0 Å². The third-order valence-electron chi connectivity index (χ3n) is 4.18. The minimum absolute atomic E-state index is 0.235. The maximum atomic E-state index is 10.9. The Hall–Kier alpha value is -2.31. The number of halogens is 2. The highest BCUT2D eigenvalue weighted by molar-refractivity contribution is 6.35. The van der Waals surface area contributed by atoms with Gasteiger partial charge < -0.3 is 5.11 Å². The fraction of sp³-hybridized carbons (Fsp3) is 0.136. The quantitative estimate of drug-likeness (QED) is 0.596. The molecule has 130 valence electrons. The molecule has 0 fully saturated rings. The molecule has 4 heteroatoms. The third-order valence-corrected chi connectivity index (χ3v) is 4.75. The molecule has 1 N–H and O–H groups in total. The Morgan fingerprint density at radius 3 is 2.42 bits per heavy atom. The van der Waals surface area contributed by atoms with E-state index >= 15 is 0 Å². The number of rotatable bonds is 3. The molecule has 1 heterocycles. The zero-order valence-corrected chi connectivity index (χ0v) is 15.7. The first kappa shape index (κ1) is 18.5. The molecule has 26 heavy (non-hydrogen) atoms. The average Bonchev–Trinajstić information content (AvgIpc) is 2.66. The number of aliphatic hydroxyl groups is 1. The second-order valence-electron chi connectivity index (χ2n) is 5.96. The van der Waals surface area contributed by atoms with Crippen LogP contribution in [-0.2, 0) is 0 Å². The van der Waals surface area contributed by atoms with Crippen molar-refractivity contribution in [3.8, 4) is 11.8 Å². The largest absolute Gasteiger partial charge is 0.388 e. The number of nitrogens with zero attached hydrogens (tertiary/aromatic N) is 1. The van der Waals surface area contributed by atoms with E-state index in [9.17, 15) is 5.11 Å². The molecule has 0 aliphatic heterocycles. The summed E-state index contributed by atoms with van der Waals surface area (Å²) in [6, 6.07) is 18.6. The predicted octanol–water partition coefficient (Wildman–Crippen LogP) is 5.63. The summed E-state index contributed by atoms with van der Waals surface area (Å²) in [6.07, 6.45) is 0.882. The van der Waals surface area contributed by atoms with Crippen LogP contribution in [0.25, 0.3) is 0 Å². The van der Waals surface area contributed by atoms with E-state index in [1.165, 1.54) is 0 Å². The highest BCUT2D eigenvalue weighted by Gasteiger charge is 2.23. The van der Waals surface area contributed by atoms with Crippen LogP contribution >= 0.6 is 23.2 Å². The van der Waals surface area contributed by atoms with E-state index in [-0.39, 0.29) is 5.92 Å². The monoisotopic (exact) mass is 381 g/mol. The Morgan fingerprint density at radius 1 is 0.923 bits per heavy atom. The van der Waals surface area contributed by atoms with E-state index in [2.05, 4.69) is 16.8 Å². The molecule has 2 nitrogen and oxygen atoms in total. The van der Waals surface area contributed by atoms with E-state index in [1.54, 1.807) is 24.4 Å². The number of benzene rings is 2. The SMILES string of the molecule is CC(c1ccc(Cl)cc1Cl)C(O)c1cccnc1C#Cc1ccccc1. The summed E-state index contributed by atoms with van der Waals surface area (Å²) in [6.45, 7) is 1.92. The van der Waals surface area contributed by atoms with Crippen molar-refractivity contribution < 1.29 is 5.11 Å². The predicted molar refractivity (Wildman–Crippen MR) is 106 cm³/mol. The number of hydrogen-bond acceptors (Lipinski definition) is 2. The number of pyridine rings is 1. The summed E-state index contributed by atoms with van der Waals surface area (Å²) in [7, 11) is 0. The molecule has 0 aliphatic carbocycles. The zero-order chi connectivity index (χ0) is 18.5. The van der Waals surface area contributed by atoms with Gasteiger partial charge in [-0.25, -0.2) is 4.98 Å². The molecular formula is C22H17Cl2NO. The van der Waals surface area contributed by atoms with Crippen molar-refractivity contribution in [3.05, 3.63) is 99.3 Å². The molecular weight excluding hydrogens is 365 g/mol. The molecule has 0 spiro atoms. The minimum atomic E-state index is -0.789. The Balaban J connectivity index is 1.93. The van der Waals surface area contributed by atoms with Crippen molar-refractivity contribution in [2.75, 3.05) is 0 Å². The lowest BCUT2D eigenvalue weighted by molar-refractivity contribution is 0.151. The number of aromatic nitrogens is 1. The summed E-state index contributed by atoms with van der Waals surface area (Å²) >= 11 is 12.3. The van der Waals surface area contributed by atoms with Gasteiger partial charge in [-0.05, 0) is 41.8 Å². The summed E-state index contributed by atoms with van der Waals surface area (Å²) in [5.41, 5.74) is 2.96. The Bertz CT molecular complexity index is 961. The molecule has 0 amide bonds. The molecule has 0 radical (unpaired) electrons. The van der Waals surface area contributed by atoms with Crippen LogP contribution in [0, 0.1) is 11.8 Å². The molecule has 0 aliphatic rings. The zero-order valence-electron chi connectivity index (χ0n) is 14.2. The molecule has 2 atom stereocenters. The van der Waals surface area contributed by atoms with Crippen LogP contribution in [0.3, 0.4) is 0 Å². The topological polar surface area (TPSA) is 33.1 Å². The maximum Gasteiger partial charge on any atom is 0.119 e. The number of hydrogen-bond donors (Lipinski definition) is 1. The lowest BCUT2D eigenvalue weighted by atomic mass is 9.90. The van der Waals surface area contributed by atoms with Crippen LogP contribution in [0.15, 0.2) is 66.9 Å². The van der Waals surface area contributed by atoms with E-state index in [1.807, 2.05) is 49.4 Å². The van der Waals surface area contributed by atoms with Gasteiger partial charge in [0.15, 0.2) is 0 Å². The number of aliphatic hydroxyl groups excluding tert-OH is 1. The second-order valence-corrected chi connectivity index (χ2v) is 6.80. The Kier molecular flexibility index (Phi) is 5.96. The molecule has 0 saturated carbocycles. The fourth-order valence-corrected chi connectivity index (χ4v) is 3.30. The minimum Gasteiger partial charge on any atom is -0.388 e. The van der Waals surface area contributed by atoms with Gasteiger partial charge >= 0.3 is 0 Å². The van der Waals surface area contributed by atoms with Gasteiger partial charge in [-0.3, -0.25) is 0 Å². The highest BCUT2D eigenvalue weighted by atomic mass is 35.5. The van der Waals surface area contributed by atoms with Crippen LogP contribution in [0.4, 0.5) is 0 Å². The van der Waals surface area contributed by atoms with Gasteiger partial charge in [0.25, 0.3) is 0 Å². The van der Waals surface area contributed by atoms with Crippen molar-refractivity contribution in [2.45, 2.75) is 18.9 Å². The standard InChI is InChI=1S/C22H17Cl2NO/c1-15(18-11-10-17(23)14-20(18)24)22(26)19-8-5-13-25-21(19)12-9-16-6-3-2-4-7-16/h2-8,10-11,13-15,22,26H,1H3. The smallest absolute Gasteiger partial charge is 0.119 e. The highest BCUT2D eigenvalue weighted by Crippen LogP contribution is 2.36. The van der Waals surface area contributed by atoms with Gasteiger partial charge in [-0.2, -0.15) is 0 Å². The molecule has 3 aromatic rings. The molecule has 1 aromatic heterocycles. The lowest BCUT2D eigenvalue weighted by Crippen LogP contribution is -2.10. The van der Waals surface area contributed by atoms with Gasteiger partial charge in [0.05, 0.1) is 6.10 Å². The van der Waals surface area contributed by atoms with Gasteiger partial charge in [-0.15, -0.1) is 0 Å².